The maximum absolute atomic E-state index is 9.10. The van der Waals surface area contributed by atoms with E-state index in [1.165, 1.54) is 5.56 Å². The predicted octanol–water partition coefficient (Wildman–Crippen LogP) is 2.54. The minimum Gasteiger partial charge on any atom is -0.454 e. The van der Waals surface area contributed by atoms with E-state index in [0.29, 0.717) is 6.79 Å². The summed E-state index contributed by atoms with van der Waals surface area (Å²) in [5.74, 6) is 1.79. The molecule has 1 saturated heterocycles. The van der Waals surface area contributed by atoms with E-state index in [-0.39, 0.29) is 11.5 Å². The molecule has 0 spiro atoms. The van der Waals surface area contributed by atoms with Gasteiger partial charge in [-0.1, -0.05) is 6.07 Å². The van der Waals surface area contributed by atoms with Crippen molar-refractivity contribution in [1.29, 1.82) is 5.26 Å². The fraction of sp³-hybridized carbons (Fsp3) is 0.533. The van der Waals surface area contributed by atoms with Crippen molar-refractivity contribution < 1.29 is 9.47 Å². The van der Waals surface area contributed by atoms with Crippen molar-refractivity contribution in [2.75, 3.05) is 13.3 Å². The Morgan fingerprint density at radius 1 is 1.37 bits per heavy atom. The van der Waals surface area contributed by atoms with Gasteiger partial charge >= 0.3 is 0 Å². The van der Waals surface area contributed by atoms with Crippen LogP contribution in [0, 0.1) is 17.2 Å². The van der Waals surface area contributed by atoms with Crippen LogP contribution < -0.4 is 9.47 Å². The van der Waals surface area contributed by atoms with Crippen molar-refractivity contribution in [2.24, 2.45) is 5.92 Å². The van der Waals surface area contributed by atoms with E-state index in [9.17, 15) is 0 Å². The first-order valence-corrected chi connectivity index (χ1v) is 6.62. The largest absolute Gasteiger partial charge is 0.454 e. The monoisotopic (exact) mass is 258 g/mol. The molecule has 2 aliphatic rings. The zero-order chi connectivity index (χ0) is 13.5. The number of ether oxygens (including phenoxy) is 2. The molecule has 2 heterocycles. The van der Waals surface area contributed by atoms with E-state index in [1.54, 1.807) is 0 Å². The van der Waals surface area contributed by atoms with Crippen LogP contribution >= 0.6 is 0 Å². The summed E-state index contributed by atoms with van der Waals surface area (Å²) in [5, 5.41) is 9.10. The highest BCUT2D eigenvalue weighted by atomic mass is 16.7. The molecule has 0 radical (unpaired) electrons. The van der Waals surface area contributed by atoms with E-state index in [1.807, 2.05) is 12.1 Å². The predicted molar refractivity (Wildman–Crippen MR) is 70.8 cm³/mol. The molecule has 0 saturated carbocycles. The molecule has 0 N–H and O–H groups in total. The van der Waals surface area contributed by atoms with Gasteiger partial charge in [-0.3, -0.25) is 4.90 Å². The molecule has 100 valence electrons. The molecule has 4 nitrogen and oxygen atoms in total. The van der Waals surface area contributed by atoms with Gasteiger partial charge in [0.25, 0.3) is 0 Å². The lowest BCUT2D eigenvalue weighted by atomic mass is 9.97. The summed E-state index contributed by atoms with van der Waals surface area (Å²) in [6.07, 6.45) is 0.939. The smallest absolute Gasteiger partial charge is 0.231 e. The second kappa shape index (κ2) is 4.43. The number of benzene rings is 1. The summed E-state index contributed by atoms with van der Waals surface area (Å²) < 4.78 is 10.7. The Labute approximate surface area is 113 Å². The Balaban J connectivity index is 1.77. The third kappa shape index (κ3) is 2.26. The van der Waals surface area contributed by atoms with Crippen molar-refractivity contribution in [1.82, 2.24) is 4.90 Å². The number of fused-ring (bicyclic) bond motifs is 1. The summed E-state index contributed by atoms with van der Waals surface area (Å²) in [7, 11) is 0. The first-order chi connectivity index (χ1) is 9.08. The average molecular weight is 258 g/mol. The van der Waals surface area contributed by atoms with Crippen LogP contribution in [0.4, 0.5) is 0 Å². The van der Waals surface area contributed by atoms with Crippen LogP contribution in [0.5, 0.6) is 11.5 Å². The van der Waals surface area contributed by atoms with Crippen molar-refractivity contribution in [2.45, 2.75) is 32.4 Å². The number of hydrogen-bond acceptors (Lipinski definition) is 4. The molecule has 0 bridgehead atoms. The third-order valence-corrected chi connectivity index (χ3v) is 4.04. The van der Waals surface area contributed by atoms with E-state index in [0.717, 1.165) is 31.0 Å². The molecule has 1 aromatic rings. The highest BCUT2D eigenvalue weighted by molar-refractivity contribution is 5.44. The molecule has 1 atom stereocenters. The molecule has 2 aliphatic heterocycles. The van der Waals surface area contributed by atoms with Crippen LogP contribution in [-0.2, 0) is 6.54 Å². The lowest BCUT2D eigenvalue weighted by molar-refractivity contribution is 0.165. The zero-order valence-corrected chi connectivity index (χ0v) is 11.3. The minimum absolute atomic E-state index is 0.0801. The van der Waals surface area contributed by atoms with Crippen LogP contribution in [0.25, 0.3) is 0 Å². The Morgan fingerprint density at radius 2 is 2.16 bits per heavy atom. The molecule has 1 fully saturated rings. The molecule has 0 amide bonds. The van der Waals surface area contributed by atoms with Gasteiger partial charge in [0.2, 0.25) is 6.79 Å². The van der Waals surface area contributed by atoms with Gasteiger partial charge < -0.3 is 9.47 Å². The van der Waals surface area contributed by atoms with Gasteiger partial charge in [0.05, 0.1) is 12.0 Å². The first kappa shape index (κ1) is 12.3. The number of hydrogen-bond donors (Lipinski definition) is 0. The molecular weight excluding hydrogens is 240 g/mol. The molecule has 1 unspecified atom stereocenters. The fourth-order valence-electron chi connectivity index (χ4n) is 2.93. The van der Waals surface area contributed by atoms with Gasteiger partial charge in [0.1, 0.15) is 0 Å². The SMILES string of the molecule is CC1(C)CC(C#N)CN1Cc1ccc2c(c1)OCO2. The van der Waals surface area contributed by atoms with Gasteiger partial charge in [-0.15, -0.1) is 0 Å². The van der Waals surface area contributed by atoms with E-state index < -0.39 is 0 Å². The van der Waals surface area contributed by atoms with Crippen molar-refractivity contribution in [3.63, 3.8) is 0 Å². The number of likely N-dealkylation sites (tertiary alicyclic amines) is 1. The van der Waals surface area contributed by atoms with Crippen LogP contribution in [0.2, 0.25) is 0 Å². The summed E-state index contributed by atoms with van der Waals surface area (Å²) >= 11 is 0. The molecular formula is C15H18N2O2. The standard InChI is InChI=1S/C15H18N2O2/c1-15(2)6-12(7-16)9-17(15)8-11-3-4-13-14(5-11)19-10-18-13/h3-5,12H,6,8-10H2,1-2H3. The van der Waals surface area contributed by atoms with E-state index >= 15 is 0 Å². The third-order valence-electron chi connectivity index (χ3n) is 4.04. The Kier molecular flexibility index (Phi) is 2.87. The molecule has 0 aromatic heterocycles. The first-order valence-electron chi connectivity index (χ1n) is 6.62. The van der Waals surface area contributed by atoms with Gasteiger partial charge in [0, 0.05) is 18.6 Å². The minimum atomic E-state index is 0.0801. The van der Waals surface area contributed by atoms with Crippen LogP contribution in [0.1, 0.15) is 25.8 Å². The van der Waals surface area contributed by atoms with Crippen LogP contribution in [0.3, 0.4) is 0 Å². The molecule has 3 rings (SSSR count). The normalized spacial score (nSPS) is 24.4. The molecule has 1 aromatic carbocycles. The zero-order valence-electron chi connectivity index (χ0n) is 11.3. The summed E-state index contributed by atoms with van der Waals surface area (Å²) in [6.45, 7) is 6.42. The van der Waals surface area contributed by atoms with Crippen LogP contribution in [0.15, 0.2) is 18.2 Å². The number of nitrogens with zero attached hydrogens (tertiary/aromatic N) is 2. The van der Waals surface area contributed by atoms with Gasteiger partial charge in [0.15, 0.2) is 11.5 Å². The maximum atomic E-state index is 9.10. The summed E-state index contributed by atoms with van der Waals surface area (Å²) in [6, 6.07) is 8.46. The van der Waals surface area contributed by atoms with Crippen molar-refractivity contribution in [3.8, 4) is 17.6 Å². The topological polar surface area (TPSA) is 45.5 Å². The second-order valence-electron chi connectivity index (χ2n) is 5.91. The molecule has 4 heteroatoms. The van der Waals surface area contributed by atoms with Gasteiger partial charge in [-0.25, -0.2) is 0 Å². The number of nitriles is 1. The summed E-state index contributed by atoms with van der Waals surface area (Å²) in [4.78, 5) is 2.37. The average Bonchev–Trinajstić information content (AvgIpc) is 2.94. The Hall–Kier alpha value is -1.73. The van der Waals surface area contributed by atoms with Crippen molar-refractivity contribution in [3.05, 3.63) is 23.8 Å². The highest BCUT2D eigenvalue weighted by Gasteiger charge is 2.38. The highest BCUT2D eigenvalue weighted by Crippen LogP contribution is 2.36. The summed E-state index contributed by atoms with van der Waals surface area (Å²) in [5.41, 5.74) is 1.28. The quantitative estimate of drug-likeness (QED) is 0.817. The van der Waals surface area contributed by atoms with Crippen molar-refractivity contribution >= 4 is 0 Å². The maximum Gasteiger partial charge on any atom is 0.231 e. The molecule has 0 aliphatic carbocycles. The number of rotatable bonds is 2. The Bertz CT molecular complexity index is 533. The lowest BCUT2D eigenvalue weighted by Crippen LogP contribution is -2.37. The van der Waals surface area contributed by atoms with E-state index in [2.05, 4.69) is 30.9 Å². The second-order valence-corrected chi connectivity index (χ2v) is 5.91. The fourth-order valence-corrected chi connectivity index (χ4v) is 2.93. The van der Waals surface area contributed by atoms with Gasteiger partial charge in [-0.05, 0) is 38.0 Å². The van der Waals surface area contributed by atoms with Gasteiger partial charge in [-0.2, -0.15) is 5.26 Å². The lowest BCUT2D eigenvalue weighted by Gasteiger charge is -2.31. The Morgan fingerprint density at radius 3 is 2.89 bits per heavy atom. The van der Waals surface area contributed by atoms with E-state index in [4.69, 9.17) is 14.7 Å². The molecule has 19 heavy (non-hydrogen) atoms. The van der Waals surface area contributed by atoms with Crippen LogP contribution in [-0.4, -0.2) is 23.8 Å².